The second kappa shape index (κ2) is 11.1. The smallest absolute Gasteiger partial charge is 0.348 e. The van der Waals surface area contributed by atoms with Crippen LogP contribution in [0, 0.1) is 6.92 Å². The fourth-order valence-corrected chi connectivity index (χ4v) is 4.98. The molecular formula is C22H24N4O5S2. The lowest BCUT2D eigenvalue weighted by Gasteiger charge is -2.06. The van der Waals surface area contributed by atoms with E-state index >= 15 is 0 Å². The molecule has 0 bridgehead atoms. The van der Waals surface area contributed by atoms with Crippen molar-refractivity contribution in [3.05, 3.63) is 57.7 Å². The minimum atomic E-state index is -0.641. The van der Waals surface area contributed by atoms with Crippen LogP contribution in [0.15, 0.2) is 35.5 Å². The number of nitrogens with one attached hydrogen (secondary N) is 1. The number of aryl methyl sites for hydroxylation is 2. The Hall–Kier alpha value is -3.18. The van der Waals surface area contributed by atoms with E-state index in [4.69, 9.17) is 9.47 Å². The molecule has 1 amide bonds. The second-order valence-electron chi connectivity index (χ2n) is 7.02. The standard InChI is InChI=1S/C22H24N4O5S2/c1-13-17(20(28)30-3)19(33-18(13)21(29)31-4)23-16(27)12-32-22-25-24-15(26(22)2)11-10-14-8-6-5-7-9-14/h5-9H,10-12H2,1-4H3,(H,23,27). The van der Waals surface area contributed by atoms with Crippen molar-refractivity contribution in [1.29, 1.82) is 0 Å². The van der Waals surface area contributed by atoms with Crippen molar-refractivity contribution in [2.45, 2.75) is 24.9 Å². The van der Waals surface area contributed by atoms with Crippen LogP contribution in [0.3, 0.4) is 0 Å². The number of benzene rings is 1. The molecule has 0 fully saturated rings. The molecule has 2 aromatic heterocycles. The number of nitrogens with zero attached hydrogens (tertiary/aromatic N) is 3. The van der Waals surface area contributed by atoms with E-state index in [0.717, 1.165) is 30.0 Å². The Balaban J connectivity index is 1.64. The van der Waals surface area contributed by atoms with Gasteiger partial charge in [-0.3, -0.25) is 4.79 Å². The molecule has 0 aliphatic rings. The van der Waals surface area contributed by atoms with E-state index in [1.165, 1.54) is 31.5 Å². The third-order valence-electron chi connectivity index (χ3n) is 4.90. The number of thioether (sulfide) groups is 1. The predicted octanol–water partition coefficient (Wildman–Crippen LogP) is 3.27. The highest BCUT2D eigenvalue weighted by Gasteiger charge is 2.26. The number of ether oxygens (including phenoxy) is 2. The van der Waals surface area contributed by atoms with Crippen molar-refractivity contribution in [3.8, 4) is 0 Å². The minimum absolute atomic E-state index is 0.0514. The molecular weight excluding hydrogens is 464 g/mol. The molecule has 9 nitrogen and oxygen atoms in total. The minimum Gasteiger partial charge on any atom is -0.465 e. The molecule has 0 aliphatic heterocycles. The van der Waals surface area contributed by atoms with Crippen molar-refractivity contribution in [2.75, 3.05) is 25.3 Å². The average molecular weight is 489 g/mol. The van der Waals surface area contributed by atoms with Crippen LogP contribution >= 0.6 is 23.1 Å². The van der Waals surface area contributed by atoms with Crippen LogP contribution in [-0.2, 0) is 34.2 Å². The lowest BCUT2D eigenvalue weighted by atomic mass is 10.1. The maximum Gasteiger partial charge on any atom is 0.348 e. The van der Waals surface area contributed by atoms with Crippen LogP contribution < -0.4 is 5.32 Å². The zero-order valence-corrected chi connectivity index (χ0v) is 20.3. The molecule has 174 valence electrons. The van der Waals surface area contributed by atoms with Gasteiger partial charge in [0.1, 0.15) is 15.7 Å². The number of carbonyl (C=O) groups excluding carboxylic acids is 3. The van der Waals surface area contributed by atoms with Crippen molar-refractivity contribution in [3.63, 3.8) is 0 Å². The molecule has 0 aliphatic carbocycles. The summed E-state index contributed by atoms with van der Waals surface area (Å²) in [6, 6.07) is 10.1. The first-order valence-electron chi connectivity index (χ1n) is 10.0. The summed E-state index contributed by atoms with van der Waals surface area (Å²) < 4.78 is 11.4. The van der Waals surface area contributed by atoms with E-state index in [1.807, 2.05) is 29.8 Å². The number of carbonyl (C=O) groups is 3. The molecule has 0 radical (unpaired) electrons. The lowest BCUT2D eigenvalue weighted by Crippen LogP contribution is -2.16. The number of rotatable bonds is 9. The van der Waals surface area contributed by atoms with Crippen molar-refractivity contribution < 1.29 is 23.9 Å². The van der Waals surface area contributed by atoms with Gasteiger partial charge < -0.3 is 19.4 Å². The van der Waals surface area contributed by atoms with Crippen LogP contribution in [0.4, 0.5) is 5.00 Å². The van der Waals surface area contributed by atoms with E-state index in [2.05, 4.69) is 27.6 Å². The third-order valence-corrected chi connectivity index (χ3v) is 7.11. The van der Waals surface area contributed by atoms with E-state index in [9.17, 15) is 14.4 Å². The summed E-state index contributed by atoms with van der Waals surface area (Å²) >= 11 is 2.21. The van der Waals surface area contributed by atoms with Crippen LogP contribution in [0.1, 0.15) is 37.0 Å². The Labute approximate surface area is 199 Å². The summed E-state index contributed by atoms with van der Waals surface area (Å²) in [5.41, 5.74) is 1.76. The maximum absolute atomic E-state index is 12.6. The number of aromatic nitrogens is 3. The molecule has 33 heavy (non-hydrogen) atoms. The van der Waals surface area contributed by atoms with Gasteiger partial charge in [0.15, 0.2) is 5.16 Å². The topological polar surface area (TPSA) is 112 Å². The monoisotopic (exact) mass is 488 g/mol. The molecule has 0 atom stereocenters. The number of hydrogen-bond donors (Lipinski definition) is 1. The van der Waals surface area contributed by atoms with Gasteiger partial charge in [-0.25, -0.2) is 9.59 Å². The molecule has 1 aromatic carbocycles. The maximum atomic E-state index is 12.6. The first-order chi connectivity index (χ1) is 15.8. The van der Waals surface area contributed by atoms with E-state index in [-0.39, 0.29) is 27.1 Å². The summed E-state index contributed by atoms with van der Waals surface area (Å²) in [4.78, 5) is 37.0. The molecule has 0 saturated carbocycles. The molecule has 3 aromatic rings. The highest BCUT2D eigenvalue weighted by atomic mass is 32.2. The van der Waals surface area contributed by atoms with Gasteiger partial charge in [0.2, 0.25) is 5.91 Å². The van der Waals surface area contributed by atoms with Crippen LogP contribution in [0.25, 0.3) is 0 Å². The molecule has 2 heterocycles. The fourth-order valence-electron chi connectivity index (χ4n) is 3.12. The number of methoxy groups -OCH3 is 2. The SMILES string of the molecule is COC(=O)c1sc(NC(=O)CSc2nnc(CCc3ccccc3)n2C)c(C(=O)OC)c1C. The van der Waals surface area contributed by atoms with E-state index in [1.54, 1.807) is 6.92 Å². The van der Waals surface area contributed by atoms with Gasteiger partial charge in [-0.05, 0) is 24.5 Å². The van der Waals surface area contributed by atoms with Crippen LogP contribution in [-0.4, -0.2) is 52.6 Å². The van der Waals surface area contributed by atoms with Gasteiger partial charge in [-0.2, -0.15) is 0 Å². The Bertz CT molecular complexity index is 1160. The van der Waals surface area contributed by atoms with Gasteiger partial charge in [0.25, 0.3) is 0 Å². The number of thiophene rings is 1. The van der Waals surface area contributed by atoms with Gasteiger partial charge in [0.05, 0.1) is 25.5 Å². The Morgan fingerprint density at radius 1 is 1.06 bits per heavy atom. The van der Waals surface area contributed by atoms with Crippen LogP contribution in [0.5, 0.6) is 0 Å². The Morgan fingerprint density at radius 2 is 1.76 bits per heavy atom. The van der Waals surface area contributed by atoms with Crippen molar-refractivity contribution in [1.82, 2.24) is 14.8 Å². The first kappa shape index (κ1) is 24.5. The highest BCUT2D eigenvalue weighted by Crippen LogP contribution is 2.34. The average Bonchev–Trinajstić information content (AvgIpc) is 3.34. The molecule has 0 saturated heterocycles. The van der Waals surface area contributed by atoms with E-state index in [0.29, 0.717) is 10.7 Å². The molecule has 3 rings (SSSR count). The normalized spacial score (nSPS) is 10.7. The summed E-state index contributed by atoms with van der Waals surface area (Å²) in [6.07, 6.45) is 1.57. The van der Waals surface area contributed by atoms with Crippen molar-refractivity contribution >= 4 is 45.9 Å². The van der Waals surface area contributed by atoms with Crippen molar-refractivity contribution in [2.24, 2.45) is 7.05 Å². The number of hydrogen-bond acceptors (Lipinski definition) is 9. The summed E-state index contributed by atoms with van der Waals surface area (Å²) in [5.74, 6) is -0.698. The van der Waals surface area contributed by atoms with E-state index < -0.39 is 11.9 Å². The molecule has 11 heteroatoms. The summed E-state index contributed by atoms with van der Waals surface area (Å²) in [5, 5.41) is 12.0. The largest absolute Gasteiger partial charge is 0.465 e. The Kier molecular flexibility index (Phi) is 8.23. The van der Waals surface area contributed by atoms with Gasteiger partial charge in [-0.1, -0.05) is 42.1 Å². The third kappa shape index (κ3) is 5.79. The summed E-state index contributed by atoms with van der Waals surface area (Å²) in [7, 11) is 4.35. The van der Waals surface area contributed by atoms with Gasteiger partial charge in [-0.15, -0.1) is 21.5 Å². The lowest BCUT2D eigenvalue weighted by molar-refractivity contribution is -0.113. The zero-order chi connectivity index (χ0) is 24.0. The summed E-state index contributed by atoms with van der Waals surface area (Å²) in [6.45, 7) is 1.61. The number of amides is 1. The molecule has 1 N–H and O–H groups in total. The Morgan fingerprint density at radius 3 is 2.42 bits per heavy atom. The fraction of sp³-hybridized carbons (Fsp3) is 0.318. The van der Waals surface area contributed by atoms with Gasteiger partial charge in [0, 0.05) is 13.5 Å². The van der Waals surface area contributed by atoms with Gasteiger partial charge >= 0.3 is 11.9 Å². The molecule has 0 spiro atoms. The van der Waals surface area contributed by atoms with Crippen LogP contribution in [0.2, 0.25) is 0 Å². The zero-order valence-electron chi connectivity index (χ0n) is 18.7. The molecule has 0 unspecified atom stereocenters. The highest BCUT2D eigenvalue weighted by molar-refractivity contribution is 7.99. The predicted molar refractivity (Wildman–Crippen MR) is 126 cm³/mol. The quantitative estimate of drug-likeness (QED) is 0.361. The number of esters is 2. The first-order valence-corrected chi connectivity index (χ1v) is 11.8. The second-order valence-corrected chi connectivity index (χ2v) is 8.99. The number of anilines is 1.